The minimum atomic E-state index is -0.514. The van der Waals surface area contributed by atoms with Gasteiger partial charge in [0.15, 0.2) is 5.79 Å². The van der Waals surface area contributed by atoms with Crippen molar-refractivity contribution in [2.45, 2.75) is 30.1 Å². The summed E-state index contributed by atoms with van der Waals surface area (Å²) < 4.78 is 24.9. The molecule has 2 fully saturated rings. The molecule has 6 rings (SSSR count). The van der Waals surface area contributed by atoms with Crippen LogP contribution in [0.15, 0.2) is 82.6 Å². The van der Waals surface area contributed by atoms with Crippen LogP contribution >= 0.6 is 11.8 Å². The van der Waals surface area contributed by atoms with Gasteiger partial charge in [0.05, 0.1) is 30.4 Å². The van der Waals surface area contributed by atoms with E-state index in [0.29, 0.717) is 56.2 Å². The van der Waals surface area contributed by atoms with Crippen LogP contribution in [0.1, 0.15) is 34.3 Å². The number of rotatable bonds is 4. The lowest BCUT2D eigenvalue weighted by Gasteiger charge is -2.37. The number of benzene rings is 3. The van der Waals surface area contributed by atoms with Gasteiger partial charge in [0.1, 0.15) is 5.82 Å². The van der Waals surface area contributed by atoms with Crippen molar-refractivity contribution in [2.24, 2.45) is 0 Å². The van der Waals surface area contributed by atoms with E-state index in [1.165, 1.54) is 23.9 Å². The highest BCUT2D eigenvalue weighted by Crippen LogP contribution is 2.42. The third kappa shape index (κ3) is 4.99. The van der Waals surface area contributed by atoms with Crippen LogP contribution < -0.4 is 4.90 Å². The fourth-order valence-corrected chi connectivity index (χ4v) is 6.14. The lowest BCUT2D eigenvalue weighted by atomic mass is 10.0. The van der Waals surface area contributed by atoms with Crippen molar-refractivity contribution in [1.82, 2.24) is 4.90 Å². The van der Waals surface area contributed by atoms with Gasteiger partial charge in [-0.15, -0.1) is 0 Å². The Morgan fingerprint density at radius 2 is 1.63 bits per heavy atom. The molecule has 0 N–H and O–H groups in total. The Morgan fingerprint density at radius 1 is 0.947 bits per heavy atom. The van der Waals surface area contributed by atoms with Gasteiger partial charge in [-0.05, 0) is 53.6 Å². The van der Waals surface area contributed by atoms with E-state index in [9.17, 15) is 14.0 Å². The second kappa shape index (κ2) is 10.4. The molecule has 0 aromatic heterocycles. The Morgan fingerprint density at radius 3 is 2.34 bits per heavy atom. The molecule has 0 saturated carbocycles. The molecule has 0 unspecified atom stereocenters. The number of carbonyl (C=O) groups is 2. The molecular weight excluding hydrogens is 503 g/mol. The molecule has 6 nitrogen and oxygen atoms in total. The number of carbonyl (C=O) groups excluding carboxylic acids is 2. The summed E-state index contributed by atoms with van der Waals surface area (Å²) >= 11 is 1.43. The summed E-state index contributed by atoms with van der Waals surface area (Å²) in [6.45, 7) is 2.76. The van der Waals surface area contributed by atoms with Crippen molar-refractivity contribution in [3.05, 3.63) is 100 Å². The first kappa shape index (κ1) is 24.9. The molecule has 38 heavy (non-hydrogen) atoms. The number of nitrogens with zero attached hydrogens (tertiary/aromatic N) is 2. The van der Waals surface area contributed by atoms with E-state index < -0.39 is 5.79 Å². The van der Waals surface area contributed by atoms with Gasteiger partial charge in [-0.25, -0.2) is 4.39 Å². The van der Waals surface area contributed by atoms with E-state index in [2.05, 4.69) is 0 Å². The highest BCUT2D eigenvalue weighted by molar-refractivity contribution is 8.04. The molecule has 1 spiro atoms. The van der Waals surface area contributed by atoms with Crippen molar-refractivity contribution in [3.63, 3.8) is 0 Å². The number of para-hydroxylation sites is 1. The largest absolute Gasteiger partial charge is 0.347 e. The molecular formula is C30H27FN2O4S. The van der Waals surface area contributed by atoms with Crippen LogP contribution in [0.2, 0.25) is 0 Å². The van der Waals surface area contributed by atoms with Gasteiger partial charge < -0.3 is 19.3 Å². The van der Waals surface area contributed by atoms with Crippen molar-refractivity contribution < 1.29 is 23.5 Å². The maximum Gasteiger partial charge on any atom is 0.265 e. The molecule has 2 amide bonds. The Kier molecular flexibility index (Phi) is 6.78. The third-order valence-corrected chi connectivity index (χ3v) is 8.24. The summed E-state index contributed by atoms with van der Waals surface area (Å²) in [5.74, 6) is -0.949. The minimum absolute atomic E-state index is 0.0143. The van der Waals surface area contributed by atoms with Crippen molar-refractivity contribution in [1.29, 1.82) is 0 Å². The molecule has 3 aromatic carbocycles. The van der Waals surface area contributed by atoms with Crippen LogP contribution in [-0.2, 0) is 20.8 Å². The lowest BCUT2D eigenvalue weighted by molar-refractivity contribution is -0.181. The highest BCUT2D eigenvalue weighted by Gasteiger charge is 2.40. The van der Waals surface area contributed by atoms with Crippen LogP contribution in [0.5, 0.6) is 0 Å². The van der Waals surface area contributed by atoms with E-state index in [0.717, 1.165) is 21.7 Å². The summed E-state index contributed by atoms with van der Waals surface area (Å²) in [5, 5.41) is 0. The molecule has 3 heterocycles. The first-order chi connectivity index (χ1) is 18.5. The standard InChI is InChI=1S/C30H27FN2O4S/c31-24-11-7-22(8-12-24)20-33-25-3-1-2-4-26(25)38-27(29(33)35)19-21-5-9-23(10-6-21)28(34)32-15-13-30(14-16-32)36-17-18-37-30/h1-12,19H,13-18,20H2/b27-19-. The molecule has 3 aromatic rings. The maximum absolute atomic E-state index is 13.5. The van der Waals surface area contributed by atoms with Crippen LogP contribution in [0.4, 0.5) is 10.1 Å². The van der Waals surface area contributed by atoms with Gasteiger partial charge in [0.2, 0.25) is 0 Å². The first-order valence-corrected chi connectivity index (χ1v) is 13.5. The van der Waals surface area contributed by atoms with Crippen molar-refractivity contribution in [3.8, 4) is 0 Å². The fraction of sp³-hybridized carbons (Fsp3) is 0.267. The van der Waals surface area contributed by atoms with Gasteiger partial charge in [-0.3, -0.25) is 9.59 Å². The number of ether oxygens (including phenoxy) is 2. The van der Waals surface area contributed by atoms with Crippen LogP contribution in [0.3, 0.4) is 0 Å². The van der Waals surface area contributed by atoms with Gasteiger partial charge in [-0.2, -0.15) is 0 Å². The van der Waals surface area contributed by atoms with Crippen LogP contribution in [-0.4, -0.2) is 48.8 Å². The van der Waals surface area contributed by atoms with Crippen molar-refractivity contribution >= 4 is 35.3 Å². The quantitative estimate of drug-likeness (QED) is 0.418. The fourth-order valence-electron chi connectivity index (χ4n) is 5.08. The molecule has 194 valence electrons. The number of anilines is 1. The Hall–Kier alpha value is -3.46. The van der Waals surface area contributed by atoms with E-state index in [1.807, 2.05) is 59.5 Å². The second-order valence-electron chi connectivity index (χ2n) is 9.62. The van der Waals surface area contributed by atoms with Crippen LogP contribution in [0, 0.1) is 5.82 Å². The number of piperidine rings is 1. The number of halogens is 1. The smallest absolute Gasteiger partial charge is 0.265 e. The third-order valence-electron chi connectivity index (χ3n) is 7.17. The summed E-state index contributed by atoms with van der Waals surface area (Å²) in [6, 6.07) is 21.3. The average molecular weight is 531 g/mol. The summed E-state index contributed by atoms with van der Waals surface area (Å²) in [4.78, 5) is 31.7. The monoisotopic (exact) mass is 530 g/mol. The molecule has 8 heteroatoms. The normalized spacial score (nSPS) is 19.7. The summed E-state index contributed by atoms with van der Waals surface area (Å²) in [7, 11) is 0. The maximum atomic E-state index is 13.5. The SMILES string of the molecule is O=C(c1ccc(/C=C2\Sc3ccccc3N(Cc3ccc(F)cc3)C2=O)cc1)N1CCC2(CC1)OCCO2. The number of likely N-dealkylation sites (tertiary alicyclic amines) is 1. The molecule has 3 aliphatic heterocycles. The van der Waals surface area contributed by atoms with Gasteiger partial charge in [0, 0.05) is 36.4 Å². The molecule has 0 radical (unpaired) electrons. The number of thioether (sulfide) groups is 1. The highest BCUT2D eigenvalue weighted by atomic mass is 32.2. The van der Waals surface area contributed by atoms with E-state index in [-0.39, 0.29) is 17.6 Å². The zero-order valence-electron chi connectivity index (χ0n) is 20.8. The zero-order chi connectivity index (χ0) is 26.1. The van der Waals surface area contributed by atoms with E-state index in [1.54, 1.807) is 17.0 Å². The van der Waals surface area contributed by atoms with Gasteiger partial charge >= 0.3 is 0 Å². The second-order valence-corrected chi connectivity index (χ2v) is 10.7. The molecule has 0 atom stereocenters. The van der Waals surface area contributed by atoms with E-state index >= 15 is 0 Å². The first-order valence-electron chi connectivity index (χ1n) is 12.7. The van der Waals surface area contributed by atoms with Gasteiger partial charge in [-0.1, -0.05) is 48.2 Å². The zero-order valence-corrected chi connectivity index (χ0v) is 21.6. The molecule has 2 saturated heterocycles. The number of amides is 2. The summed E-state index contributed by atoms with van der Waals surface area (Å²) in [5.41, 5.74) is 3.13. The molecule has 3 aliphatic rings. The Labute approximate surface area is 225 Å². The number of hydrogen-bond acceptors (Lipinski definition) is 5. The van der Waals surface area contributed by atoms with Gasteiger partial charge in [0.25, 0.3) is 11.8 Å². The predicted molar refractivity (Wildman–Crippen MR) is 144 cm³/mol. The summed E-state index contributed by atoms with van der Waals surface area (Å²) in [6.07, 6.45) is 3.21. The lowest BCUT2D eigenvalue weighted by Crippen LogP contribution is -2.47. The van der Waals surface area contributed by atoms with E-state index in [4.69, 9.17) is 9.47 Å². The average Bonchev–Trinajstić information content (AvgIpc) is 3.40. The predicted octanol–water partition coefficient (Wildman–Crippen LogP) is 5.48. The Bertz CT molecular complexity index is 1370. The Balaban J connectivity index is 1.19. The number of fused-ring (bicyclic) bond motifs is 1. The minimum Gasteiger partial charge on any atom is -0.347 e. The molecule has 0 bridgehead atoms. The van der Waals surface area contributed by atoms with Crippen molar-refractivity contribution in [2.75, 3.05) is 31.2 Å². The number of hydrogen-bond donors (Lipinski definition) is 0. The van der Waals surface area contributed by atoms with Crippen LogP contribution in [0.25, 0.3) is 6.08 Å². The topological polar surface area (TPSA) is 59.1 Å². The molecule has 0 aliphatic carbocycles.